The number of carboxylic acids is 1. The average Bonchev–Trinajstić information content (AvgIpc) is 3.03. The number of aromatic amines is 1. The molecule has 0 bridgehead atoms. The average molecular weight is 373 g/mol. The van der Waals surface area contributed by atoms with Crippen molar-refractivity contribution >= 4 is 28.5 Å². The van der Waals surface area contributed by atoms with Gasteiger partial charge in [-0.05, 0) is 36.2 Å². The van der Waals surface area contributed by atoms with Crippen molar-refractivity contribution in [3.05, 3.63) is 64.8 Å². The molecule has 5 nitrogen and oxygen atoms in total. The lowest BCUT2D eigenvalue weighted by atomic mass is 10.0. The zero-order chi connectivity index (χ0) is 18.5. The van der Waals surface area contributed by atoms with E-state index in [4.69, 9.17) is 16.3 Å². The van der Waals surface area contributed by atoms with Crippen LogP contribution in [-0.4, -0.2) is 28.7 Å². The minimum atomic E-state index is -0.882. The van der Waals surface area contributed by atoms with Crippen LogP contribution in [0.25, 0.3) is 10.9 Å². The smallest absolute Gasteiger partial charge is 0.321 e. The van der Waals surface area contributed by atoms with Gasteiger partial charge in [0, 0.05) is 30.1 Å². The van der Waals surface area contributed by atoms with Gasteiger partial charge in [0.05, 0.1) is 11.6 Å². The van der Waals surface area contributed by atoms with Gasteiger partial charge in [-0.15, -0.1) is 0 Å². The van der Waals surface area contributed by atoms with E-state index in [-0.39, 0.29) is 0 Å². The van der Waals surface area contributed by atoms with Gasteiger partial charge in [0.1, 0.15) is 11.8 Å². The number of nitrogens with one attached hydrogen (secondary N) is 2. The highest BCUT2D eigenvalue weighted by Crippen LogP contribution is 2.25. The van der Waals surface area contributed by atoms with Crippen LogP contribution in [0.1, 0.15) is 18.1 Å². The van der Waals surface area contributed by atoms with Gasteiger partial charge < -0.3 is 20.1 Å². The van der Waals surface area contributed by atoms with Crippen LogP contribution >= 0.6 is 11.6 Å². The zero-order valence-corrected chi connectivity index (χ0v) is 15.2. The van der Waals surface area contributed by atoms with E-state index in [1.54, 1.807) is 12.1 Å². The molecule has 0 radical (unpaired) electrons. The second kappa shape index (κ2) is 8.25. The molecule has 0 aliphatic carbocycles. The number of aliphatic carboxylic acids is 1. The SMILES string of the molecule is CCOc1ccc(CN[C@@H](Cc2c[nH]c3ccccc23)C(=O)O)cc1Cl. The third-order valence-electron chi connectivity index (χ3n) is 4.25. The molecule has 136 valence electrons. The summed E-state index contributed by atoms with van der Waals surface area (Å²) in [6, 6.07) is 12.7. The summed E-state index contributed by atoms with van der Waals surface area (Å²) < 4.78 is 5.42. The van der Waals surface area contributed by atoms with Crippen LogP contribution < -0.4 is 10.1 Å². The third-order valence-corrected chi connectivity index (χ3v) is 4.54. The molecule has 0 aliphatic rings. The number of benzene rings is 2. The Morgan fingerprint density at radius 3 is 2.85 bits per heavy atom. The molecule has 1 heterocycles. The number of para-hydroxylation sites is 1. The van der Waals surface area contributed by atoms with E-state index < -0.39 is 12.0 Å². The van der Waals surface area contributed by atoms with Gasteiger partial charge in [-0.3, -0.25) is 4.79 Å². The lowest BCUT2D eigenvalue weighted by molar-refractivity contribution is -0.139. The van der Waals surface area contributed by atoms with Crippen LogP contribution in [0.15, 0.2) is 48.7 Å². The van der Waals surface area contributed by atoms with Crippen LogP contribution in [0.2, 0.25) is 5.02 Å². The molecule has 6 heteroatoms. The standard InChI is InChI=1S/C20H21ClN2O3/c1-2-26-19-8-7-13(9-16(19)21)11-22-18(20(24)25)10-14-12-23-17-6-4-3-5-15(14)17/h3-9,12,18,22-23H,2,10-11H2,1H3,(H,24,25)/t18-/m0/s1. The van der Waals surface area contributed by atoms with E-state index in [2.05, 4.69) is 10.3 Å². The van der Waals surface area contributed by atoms with Crippen molar-refractivity contribution in [3.63, 3.8) is 0 Å². The second-order valence-electron chi connectivity index (χ2n) is 6.03. The Morgan fingerprint density at radius 1 is 1.31 bits per heavy atom. The minimum absolute atomic E-state index is 0.393. The molecule has 3 aromatic rings. The number of H-pyrrole nitrogens is 1. The van der Waals surface area contributed by atoms with Crippen molar-refractivity contribution in [2.45, 2.75) is 25.9 Å². The molecule has 0 fully saturated rings. The molecule has 0 unspecified atom stereocenters. The molecule has 1 aromatic heterocycles. The quantitative estimate of drug-likeness (QED) is 0.558. The molecule has 26 heavy (non-hydrogen) atoms. The highest BCUT2D eigenvalue weighted by Gasteiger charge is 2.19. The lowest BCUT2D eigenvalue weighted by Crippen LogP contribution is -2.38. The van der Waals surface area contributed by atoms with E-state index in [1.807, 2.05) is 43.5 Å². The number of hydrogen-bond acceptors (Lipinski definition) is 3. The molecular formula is C20H21ClN2O3. The van der Waals surface area contributed by atoms with Gasteiger partial charge in [0.2, 0.25) is 0 Å². The number of ether oxygens (including phenoxy) is 1. The minimum Gasteiger partial charge on any atom is -0.492 e. The Morgan fingerprint density at radius 2 is 2.12 bits per heavy atom. The summed E-state index contributed by atoms with van der Waals surface area (Å²) in [4.78, 5) is 14.9. The number of fused-ring (bicyclic) bond motifs is 1. The Bertz CT molecular complexity index is 907. The Balaban J connectivity index is 1.69. The number of hydrogen-bond donors (Lipinski definition) is 3. The van der Waals surface area contributed by atoms with Crippen LogP contribution in [0.5, 0.6) is 5.75 Å². The zero-order valence-electron chi connectivity index (χ0n) is 14.5. The van der Waals surface area contributed by atoms with Gasteiger partial charge in [-0.1, -0.05) is 35.9 Å². The topological polar surface area (TPSA) is 74.3 Å². The highest BCUT2D eigenvalue weighted by atomic mass is 35.5. The number of halogens is 1. The third kappa shape index (κ3) is 4.18. The Kier molecular flexibility index (Phi) is 5.81. The normalized spacial score (nSPS) is 12.2. The Hall–Kier alpha value is -2.50. The number of aromatic nitrogens is 1. The highest BCUT2D eigenvalue weighted by molar-refractivity contribution is 6.32. The summed E-state index contributed by atoms with van der Waals surface area (Å²) in [5.74, 6) is -0.251. The van der Waals surface area contributed by atoms with Crippen molar-refractivity contribution in [2.24, 2.45) is 0 Å². The maximum Gasteiger partial charge on any atom is 0.321 e. The summed E-state index contributed by atoms with van der Waals surface area (Å²) >= 11 is 6.19. The van der Waals surface area contributed by atoms with Crippen molar-refractivity contribution in [1.82, 2.24) is 10.3 Å². The summed E-state index contributed by atoms with van der Waals surface area (Å²) in [5, 5.41) is 14.2. The number of carboxylic acid groups (broad SMARTS) is 1. The van der Waals surface area contributed by atoms with Gasteiger partial charge in [-0.2, -0.15) is 0 Å². The summed E-state index contributed by atoms with van der Waals surface area (Å²) in [7, 11) is 0. The molecule has 3 rings (SSSR count). The number of carbonyl (C=O) groups is 1. The van der Waals surface area contributed by atoms with E-state index in [0.29, 0.717) is 30.3 Å². The first kappa shape index (κ1) is 18.3. The predicted molar refractivity (Wildman–Crippen MR) is 103 cm³/mol. The van der Waals surface area contributed by atoms with Gasteiger partial charge in [0.15, 0.2) is 0 Å². The van der Waals surface area contributed by atoms with Gasteiger partial charge in [0.25, 0.3) is 0 Å². The Labute approximate surface area is 156 Å². The van der Waals surface area contributed by atoms with Crippen LogP contribution in [0.4, 0.5) is 0 Å². The summed E-state index contributed by atoms with van der Waals surface area (Å²) in [5.41, 5.74) is 2.89. The largest absolute Gasteiger partial charge is 0.492 e. The molecule has 0 aliphatic heterocycles. The van der Waals surface area contributed by atoms with E-state index in [0.717, 1.165) is 22.0 Å². The fraction of sp³-hybridized carbons (Fsp3) is 0.250. The monoisotopic (exact) mass is 372 g/mol. The molecule has 0 saturated carbocycles. The number of rotatable bonds is 8. The first-order valence-electron chi connectivity index (χ1n) is 8.51. The molecule has 0 saturated heterocycles. The van der Waals surface area contributed by atoms with E-state index >= 15 is 0 Å². The molecule has 0 spiro atoms. The fourth-order valence-electron chi connectivity index (χ4n) is 2.94. The van der Waals surface area contributed by atoms with Crippen molar-refractivity contribution in [1.29, 1.82) is 0 Å². The predicted octanol–water partition coefficient (Wildman–Crippen LogP) is 4.01. The second-order valence-corrected chi connectivity index (χ2v) is 6.44. The van der Waals surface area contributed by atoms with Gasteiger partial charge in [-0.25, -0.2) is 0 Å². The van der Waals surface area contributed by atoms with Crippen molar-refractivity contribution in [2.75, 3.05) is 6.61 Å². The van der Waals surface area contributed by atoms with Crippen LogP contribution in [0, 0.1) is 0 Å². The molecule has 3 N–H and O–H groups in total. The summed E-state index contributed by atoms with van der Waals surface area (Å²) in [6.45, 7) is 2.85. The fourth-order valence-corrected chi connectivity index (χ4v) is 3.19. The van der Waals surface area contributed by atoms with Crippen LogP contribution in [-0.2, 0) is 17.8 Å². The van der Waals surface area contributed by atoms with Crippen molar-refractivity contribution in [3.8, 4) is 5.75 Å². The maximum atomic E-state index is 11.7. The molecule has 2 aromatic carbocycles. The lowest BCUT2D eigenvalue weighted by Gasteiger charge is -2.15. The summed E-state index contributed by atoms with van der Waals surface area (Å²) in [6.07, 6.45) is 2.26. The molecular weight excluding hydrogens is 352 g/mol. The first-order valence-corrected chi connectivity index (χ1v) is 8.88. The molecule has 1 atom stereocenters. The first-order chi connectivity index (χ1) is 12.6. The maximum absolute atomic E-state index is 11.7. The molecule has 0 amide bonds. The van der Waals surface area contributed by atoms with Crippen molar-refractivity contribution < 1.29 is 14.6 Å². The van der Waals surface area contributed by atoms with Crippen LogP contribution in [0.3, 0.4) is 0 Å². The van der Waals surface area contributed by atoms with E-state index in [1.165, 1.54) is 0 Å². The van der Waals surface area contributed by atoms with Gasteiger partial charge >= 0.3 is 5.97 Å². The van der Waals surface area contributed by atoms with E-state index in [9.17, 15) is 9.90 Å².